The summed E-state index contributed by atoms with van der Waals surface area (Å²) in [6.45, 7) is 0. The van der Waals surface area contributed by atoms with Gasteiger partial charge in [0.05, 0.1) is 10.5 Å². The summed E-state index contributed by atoms with van der Waals surface area (Å²) < 4.78 is 14.5. The molecule has 19 heavy (non-hydrogen) atoms. The molecule has 0 aromatic heterocycles. The number of nitrogens with one attached hydrogen (secondary N) is 1. The predicted octanol–water partition coefficient (Wildman–Crippen LogP) is 4.45. The van der Waals surface area contributed by atoms with Crippen molar-refractivity contribution < 1.29 is 4.39 Å². The van der Waals surface area contributed by atoms with E-state index >= 15 is 0 Å². The van der Waals surface area contributed by atoms with E-state index in [1.54, 1.807) is 36.4 Å². The number of nitrogens with two attached hydrogens (primary N) is 1. The summed E-state index contributed by atoms with van der Waals surface area (Å²) >= 11 is 15.1. The molecule has 0 heterocycles. The standard InChI is InChI=1S/C13H10BrCl2FN2/c14-10-3-1-2-9(12(10)17)13(19-18)8-5-4-7(15)6-11(8)16/h1-6,13,19H,18H2. The number of hydrogen-bond donors (Lipinski definition) is 2. The Kier molecular flexibility index (Phi) is 4.81. The maximum atomic E-state index is 14.1. The number of benzene rings is 2. The Morgan fingerprint density at radius 2 is 1.89 bits per heavy atom. The minimum absolute atomic E-state index is 0.371. The maximum absolute atomic E-state index is 14.1. The Morgan fingerprint density at radius 1 is 1.16 bits per heavy atom. The third kappa shape index (κ3) is 3.09. The molecule has 100 valence electrons. The summed E-state index contributed by atoms with van der Waals surface area (Å²) in [5.74, 6) is 5.16. The zero-order valence-corrected chi connectivity index (χ0v) is 12.7. The van der Waals surface area contributed by atoms with Gasteiger partial charge in [0.1, 0.15) is 5.82 Å². The van der Waals surface area contributed by atoms with E-state index in [1.807, 2.05) is 0 Å². The van der Waals surface area contributed by atoms with Crippen LogP contribution in [0.3, 0.4) is 0 Å². The Morgan fingerprint density at radius 3 is 2.53 bits per heavy atom. The summed E-state index contributed by atoms with van der Waals surface area (Å²) in [5, 5.41) is 0.939. The summed E-state index contributed by atoms with van der Waals surface area (Å²) in [7, 11) is 0. The molecule has 0 saturated carbocycles. The Hall–Kier alpha value is -0.650. The summed E-state index contributed by atoms with van der Waals surface area (Å²) in [4.78, 5) is 0. The average Bonchev–Trinajstić information content (AvgIpc) is 2.37. The molecule has 6 heteroatoms. The molecule has 0 saturated heterocycles. The largest absolute Gasteiger partial charge is 0.271 e. The third-order valence-electron chi connectivity index (χ3n) is 2.73. The molecule has 0 aliphatic carbocycles. The van der Waals surface area contributed by atoms with Crippen LogP contribution in [-0.2, 0) is 0 Å². The van der Waals surface area contributed by atoms with Gasteiger partial charge >= 0.3 is 0 Å². The molecule has 0 bridgehead atoms. The molecule has 2 rings (SSSR count). The van der Waals surface area contributed by atoms with E-state index in [0.717, 1.165) is 0 Å². The highest BCUT2D eigenvalue weighted by atomic mass is 79.9. The Balaban J connectivity index is 2.53. The van der Waals surface area contributed by atoms with Crippen LogP contribution in [-0.4, -0.2) is 0 Å². The predicted molar refractivity (Wildman–Crippen MR) is 79.7 cm³/mol. The highest BCUT2D eigenvalue weighted by Crippen LogP contribution is 2.32. The molecule has 2 aromatic rings. The van der Waals surface area contributed by atoms with Gasteiger partial charge in [0.15, 0.2) is 0 Å². The van der Waals surface area contributed by atoms with E-state index in [0.29, 0.717) is 25.6 Å². The number of hydrogen-bond acceptors (Lipinski definition) is 2. The van der Waals surface area contributed by atoms with Crippen molar-refractivity contribution in [3.05, 3.63) is 67.9 Å². The van der Waals surface area contributed by atoms with Crippen molar-refractivity contribution in [1.82, 2.24) is 5.43 Å². The first-order valence-electron chi connectivity index (χ1n) is 5.39. The van der Waals surface area contributed by atoms with Crippen molar-refractivity contribution in [2.45, 2.75) is 6.04 Å². The fourth-order valence-electron chi connectivity index (χ4n) is 1.83. The molecule has 2 aromatic carbocycles. The van der Waals surface area contributed by atoms with Gasteiger partial charge in [-0.05, 0) is 39.7 Å². The Bertz CT molecular complexity index is 607. The van der Waals surface area contributed by atoms with Crippen molar-refractivity contribution in [3.8, 4) is 0 Å². The fourth-order valence-corrected chi connectivity index (χ4v) is 2.73. The second kappa shape index (κ2) is 6.20. The zero-order chi connectivity index (χ0) is 14.0. The van der Waals surface area contributed by atoms with Crippen molar-refractivity contribution in [3.63, 3.8) is 0 Å². The first-order chi connectivity index (χ1) is 9.04. The number of rotatable bonds is 3. The minimum atomic E-state index is -0.553. The molecule has 0 radical (unpaired) electrons. The molecule has 0 aliphatic rings. The molecule has 2 nitrogen and oxygen atoms in total. The van der Waals surface area contributed by atoms with Crippen LogP contribution in [0.5, 0.6) is 0 Å². The lowest BCUT2D eigenvalue weighted by atomic mass is 9.99. The highest BCUT2D eigenvalue weighted by Gasteiger charge is 2.20. The van der Waals surface area contributed by atoms with Gasteiger partial charge in [-0.3, -0.25) is 5.84 Å². The zero-order valence-electron chi connectivity index (χ0n) is 9.63. The van der Waals surface area contributed by atoms with Crippen LogP contribution in [0.1, 0.15) is 17.2 Å². The van der Waals surface area contributed by atoms with Gasteiger partial charge in [-0.25, -0.2) is 9.82 Å². The van der Waals surface area contributed by atoms with E-state index in [1.165, 1.54) is 0 Å². The van der Waals surface area contributed by atoms with Crippen LogP contribution >= 0.6 is 39.1 Å². The van der Waals surface area contributed by atoms with E-state index in [4.69, 9.17) is 29.0 Å². The molecular weight excluding hydrogens is 354 g/mol. The van der Waals surface area contributed by atoms with Crippen molar-refractivity contribution >= 4 is 39.1 Å². The molecule has 0 aliphatic heterocycles. The first kappa shape index (κ1) is 14.8. The van der Waals surface area contributed by atoms with Gasteiger partial charge in [-0.15, -0.1) is 0 Å². The number of halogens is 4. The van der Waals surface area contributed by atoms with Gasteiger partial charge in [0.2, 0.25) is 0 Å². The van der Waals surface area contributed by atoms with E-state index in [-0.39, 0.29) is 5.82 Å². The number of hydrazine groups is 1. The summed E-state index contributed by atoms with van der Waals surface area (Å²) in [6, 6.07) is 9.45. The van der Waals surface area contributed by atoms with Crippen LogP contribution in [0.25, 0.3) is 0 Å². The Labute approximate surface area is 128 Å². The molecule has 1 unspecified atom stereocenters. The smallest absolute Gasteiger partial charge is 0.142 e. The van der Waals surface area contributed by atoms with Gasteiger partial charge < -0.3 is 0 Å². The fraction of sp³-hybridized carbons (Fsp3) is 0.0769. The van der Waals surface area contributed by atoms with E-state index < -0.39 is 6.04 Å². The lowest BCUT2D eigenvalue weighted by molar-refractivity contribution is 0.556. The van der Waals surface area contributed by atoms with Crippen molar-refractivity contribution in [2.24, 2.45) is 5.84 Å². The first-order valence-corrected chi connectivity index (χ1v) is 6.94. The molecule has 0 amide bonds. The summed E-state index contributed by atoms with van der Waals surface area (Å²) in [5.41, 5.74) is 3.64. The van der Waals surface area contributed by atoms with Crippen LogP contribution in [0.2, 0.25) is 10.0 Å². The average molecular weight is 364 g/mol. The van der Waals surface area contributed by atoms with Crippen LogP contribution in [0, 0.1) is 5.82 Å². The SMILES string of the molecule is NNC(c1ccc(Cl)cc1Cl)c1cccc(Br)c1F. The van der Waals surface area contributed by atoms with Crippen molar-refractivity contribution in [2.75, 3.05) is 0 Å². The van der Waals surface area contributed by atoms with Gasteiger partial charge in [-0.2, -0.15) is 0 Å². The molecular formula is C13H10BrCl2FN2. The van der Waals surface area contributed by atoms with Crippen LogP contribution in [0.4, 0.5) is 4.39 Å². The minimum Gasteiger partial charge on any atom is -0.271 e. The molecule has 0 fully saturated rings. The topological polar surface area (TPSA) is 38.0 Å². The van der Waals surface area contributed by atoms with Gasteiger partial charge in [0, 0.05) is 15.6 Å². The van der Waals surface area contributed by atoms with Crippen LogP contribution in [0.15, 0.2) is 40.9 Å². The third-order valence-corrected chi connectivity index (χ3v) is 3.91. The quantitative estimate of drug-likeness (QED) is 0.624. The van der Waals surface area contributed by atoms with E-state index in [9.17, 15) is 4.39 Å². The van der Waals surface area contributed by atoms with Gasteiger partial charge in [0.25, 0.3) is 0 Å². The second-order valence-corrected chi connectivity index (χ2v) is 5.61. The maximum Gasteiger partial charge on any atom is 0.142 e. The van der Waals surface area contributed by atoms with E-state index in [2.05, 4.69) is 21.4 Å². The normalized spacial score (nSPS) is 12.5. The molecule has 1 atom stereocenters. The lowest BCUT2D eigenvalue weighted by Gasteiger charge is -2.19. The molecule has 0 spiro atoms. The monoisotopic (exact) mass is 362 g/mol. The molecule has 3 N–H and O–H groups in total. The summed E-state index contributed by atoms with van der Waals surface area (Å²) in [6.07, 6.45) is 0. The highest BCUT2D eigenvalue weighted by molar-refractivity contribution is 9.10. The lowest BCUT2D eigenvalue weighted by Crippen LogP contribution is -2.29. The van der Waals surface area contributed by atoms with Crippen molar-refractivity contribution in [1.29, 1.82) is 0 Å². The van der Waals surface area contributed by atoms with Crippen LogP contribution < -0.4 is 11.3 Å². The second-order valence-electron chi connectivity index (χ2n) is 3.91. The van der Waals surface area contributed by atoms with Gasteiger partial charge in [-0.1, -0.05) is 41.4 Å².